The summed E-state index contributed by atoms with van der Waals surface area (Å²) in [5.41, 5.74) is 0. The fourth-order valence-electron chi connectivity index (χ4n) is 7.14. The largest absolute Gasteiger partial charge is 0.462 e. The number of rotatable bonds is 48. The SMILES string of the molecule is CC/C=C\C/C=C\C/C=C\C/C=C\C/C=C\C/C=C\CCC(=O)OCC(COC(=O)CCCCCCC/C=C\C/C=C\CC)OC(=O)CCCCCCCCCCCC/C=C\C=C/CCCCC. The molecule has 0 N–H and O–H groups in total. The molecule has 0 amide bonds. The van der Waals surface area contributed by atoms with Gasteiger partial charge < -0.3 is 14.2 Å². The van der Waals surface area contributed by atoms with Gasteiger partial charge >= 0.3 is 17.9 Å². The zero-order valence-corrected chi connectivity index (χ0v) is 43.8. The smallest absolute Gasteiger partial charge is 0.306 e. The number of hydrogen-bond acceptors (Lipinski definition) is 6. The summed E-state index contributed by atoms with van der Waals surface area (Å²) in [6, 6.07) is 0. The molecule has 0 heterocycles. The minimum absolute atomic E-state index is 0.113. The van der Waals surface area contributed by atoms with Crippen LogP contribution in [0.5, 0.6) is 0 Å². The van der Waals surface area contributed by atoms with Crippen LogP contribution in [0.15, 0.2) is 122 Å². The number of allylic oxidation sites excluding steroid dienone is 20. The van der Waals surface area contributed by atoms with Crippen molar-refractivity contribution in [2.75, 3.05) is 13.2 Å². The molecule has 6 heteroatoms. The third kappa shape index (κ3) is 52.8. The number of ether oxygens (including phenoxy) is 3. The molecule has 1 unspecified atom stereocenters. The number of carbonyl (C=O) groups excluding carboxylic acids is 3. The van der Waals surface area contributed by atoms with E-state index in [9.17, 15) is 14.4 Å². The molecule has 0 bridgehead atoms. The first-order valence-electron chi connectivity index (χ1n) is 27.6. The predicted molar refractivity (Wildman–Crippen MR) is 293 cm³/mol. The van der Waals surface area contributed by atoms with Gasteiger partial charge in [-0.3, -0.25) is 14.4 Å². The van der Waals surface area contributed by atoms with E-state index in [4.69, 9.17) is 14.2 Å². The first-order chi connectivity index (χ1) is 33.5. The van der Waals surface area contributed by atoms with Gasteiger partial charge in [-0.15, -0.1) is 0 Å². The van der Waals surface area contributed by atoms with Gasteiger partial charge in [-0.2, -0.15) is 0 Å². The van der Waals surface area contributed by atoms with E-state index < -0.39 is 6.10 Å². The van der Waals surface area contributed by atoms with E-state index in [0.717, 1.165) is 109 Å². The lowest BCUT2D eigenvalue weighted by atomic mass is 10.1. The van der Waals surface area contributed by atoms with E-state index >= 15 is 0 Å². The molecule has 384 valence electrons. The van der Waals surface area contributed by atoms with Crippen LogP contribution in [-0.2, 0) is 28.6 Å². The Morgan fingerprint density at radius 2 is 0.647 bits per heavy atom. The molecule has 1 atom stereocenters. The molecular formula is C62H100O6. The highest BCUT2D eigenvalue weighted by Gasteiger charge is 2.19. The van der Waals surface area contributed by atoms with Crippen LogP contribution in [0.1, 0.15) is 233 Å². The van der Waals surface area contributed by atoms with E-state index in [1.54, 1.807) is 0 Å². The van der Waals surface area contributed by atoms with Gasteiger partial charge in [-0.05, 0) is 109 Å². The van der Waals surface area contributed by atoms with Gasteiger partial charge in [-0.1, -0.05) is 226 Å². The van der Waals surface area contributed by atoms with Gasteiger partial charge in [0.05, 0.1) is 0 Å². The number of hydrogen-bond donors (Lipinski definition) is 0. The van der Waals surface area contributed by atoms with Gasteiger partial charge in [0.2, 0.25) is 0 Å². The summed E-state index contributed by atoms with van der Waals surface area (Å²) in [5.74, 6) is -1.02. The van der Waals surface area contributed by atoms with Gasteiger partial charge in [0, 0.05) is 19.3 Å². The molecule has 0 aromatic carbocycles. The highest BCUT2D eigenvalue weighted by Crippen LogP contribution is 2.14. The standard InChI is InChI=1S/C62H100O6/c1-4-7-10-13-16-19-22-25-27-29-31-33-35-37-40-43-46-49-52-55-61(64)67-58-59(57-66-60(63)54-51-48-45-42-39-24-21-18-15-12-9-6-3)68-62(65)56-53-50-47-44-41-38-36-34-32-30-28-26-23-20-17-14-11-8-5-2/h7,9-10,12,16-21,23,25-27,31,33,37,40,46,49,59H,4-6,8,11,13-15,22,24,28-30,32,34-36,38-39,41-45,47-48,50-58H2,1-3H3/b10-7-,12-9-,19-16-,20-17-,21-18-,26-23-,27-25-,33-31-,40-37-,49-46-. The van der Waals surface area contributed by atoms with E-state index in [0.29, 0.717) is 19.3 Å². The molecule has 0 fully saturated rings. The third-order valence-corrected chi connectivity index (χ3v) is 11.2. The van der Waals surface area contributed by atoms with Crippen LogP contribution in [0.4, 0.5) is 0 Å². The lowest BCUT2D eigenvalue weighted by Gasteiger charge is -2.18. The Morgan fingerprint density at radius 1 is 0.324 bits per heavy atom. The van der Waals surface area contributed by atoms with Crippen molar-refractivity contribution in [3.8, 4) is 0 Å². The number of carbonyl (C=O) groups is 3. The van der Waals surface area contributed by atoms with Crippen LogP contribution in [0.25, 0.3) is 0 Å². The minimum Gasteiger partial charge on any atom is -0.462 e. The Balaban J connectivity index is 4.50. The lowest BCUT2D eigenvalue weighted by Crippen LogP contribution is -2.30. The average Bonchev–Trinajstić information content (AvgIpc) is 3.34. The summed E-state index contributed by atoms with van der Waals surface area (Å²) in [6.45, 7) is 6.30. The summed E-state index contributed by atoms with van der Waals surface area (Å²) in [5, 5.41) is 0. The summed E-state index contributed by atoms with van der Waals surface area (Å²) < 4.78 is 16.7. The van der Waals surface area contributed by atoms with E-state index in [1.165, 1.54) is 77.0 Å². The maximum absolute atomic E-state index is 12.8. The predicted octanol–water partition coefficient (Wildman–Crippen LogP) is 18.5. The van der Waals surface area contributed by atoms with Crippen LogP contribution in [-0.4, -0.2) is 37.2 Å². The molecule has 0 saturated carbocycles. The third-order valence-electron chi connectivity index (χ3n) is 11.2. The number of unbranched alkanes of at least 4 members (excludes halogenated alkanes) is 18. The normalized spacial score (nSPS) is 13.0. The van der Waals surface area contributed by atoms with Gasteiger partial charge in [0.1, 0.15) is 13.2 Å². The van der Waals surface area contributed by atoms with Crippen molar-refractivity contribution >= 4 is 17.9 Å². The van der Waals surface area contributed by atoms with E-state index in [2.05, 4.69) is 136 Å². The molecule has 0 aliphatic rings. The van der Waals surface area contributed by atoms with Crippen LogP contribution in [0.2, 0.25) is 0 Å². The minimum atomic E-state index is -0.819. The first-order valence-corrected chi connectivity index (χ1v) is 27.6. The maximum Gasteiger partial charge on any atom is 0.306 e. The van der Waals surface area contributed by atoms with Crippen LogP contribution >= 0.6 is 0 Å². The van der Waals surface area contributed by atoms with Gasteiger partial charge in [0.25, 0.3) is 0 Å². The monoisotopic (exact) mass is 941 g/mol. The Morgan fingerprint density at radius 3 is 1.07 bits per heavy atom. The summed E-state index contributed by atoms with van der Waals surface area (Å²) >= 11 is 0. The fourth-order valence-corrected chi connectivity index (χ4v) is 7.14. The molecule has 6 nitrogen and oxygen atoms in total. The second-order valence-electron chi connectivity index (χ2n) is 17.8. The van der Waals surface area contributed by atoms with E-state index in [1.807, 2.05) is 6.08 Å². The molecule has 0 aliphatic carbocycles. The second kappa shape index (κ2) is 55.4. The van der Waals surface area contributed by atoms with Crippen LogP contribution in [0.3, 0.4) is 0 Å². The topological polar surface area (TPSA) is 78.9 Å². The summed E-state index contributed by atoms with van der Waals surface area (Å²) in [4.78, 5) is 38.0. The average molecular weight is 941 g/mol. The Bertz CT molecular complexity index is 1450. The molecule has 0 rings (SSSR count). The van der Waals surface area contributed by atoms with Crippen molar-refractivity contribution in [1.29, 1.82) is 0 Å². The van der Waals surface area contributed by atoms with Crippen molar-refractivity contribution in [1.82, 2.24) is 0 Å². The highest BCUT2D eigenvalue weighted by atomic mass is 16.6. The fraction of sp³-hybridized carbons (Fsp3) is 0.629. The first kappa shape index (κ1) is 63.8. The Hall–Kier alpha value is -4.19. The zero-order chi connectivity index (χ0) is 49.3. The van der Waals surface area contributed by atoms with Crippen molar-refractivity contribution < 1.29 is 28.6 Å². The quantitative estimate of drug-likeness (QED) is 0.0199. The van der Waals surface area contributed by atoms with Gasteiger partial charge in [-0.25, -0.2) is 0 Å². The number of esters is 3. The van der Waals surface area contributed by atoms with Crippen molar-refractivity contribution in [3.05, 3.63) is 122 Å². The molecule has 68 heavy (non-hydrogen) atoms. The molecule has 0 spiro atoms. The van der Waals surface area contributed by atoms with Crippen LogP contribution < -0.4 is 0 Å². The highest BCUT2D eigenvalue weighted by molar-refractivity contribution is 5.71. The summed E-state index contributed by atoms with van der Waals surface area (Å²) in [7, 11) is 0. The maximum atomic E-state index is 12.8. The molecule has 0 radical (unpaired) electrons. The molecular weight excluding hydrogens is 841 g/mol. The molecule has 0 saturated heterocycles. The molecule has 0 aromatic rings. The lowest BCUT2D eigenvalue weighted by molar-refractivity contribution is -0.166. The van der Waals surface area contributed by atoms with Gasteiger partial charge in [0.15, 0.2) is 6.10 Å². The van der Waals surface area contributed by atoms with Crippen molar-refractivity contribution in [2.24, 2.45) is 0 Å². The molecule has 0 aliphatic heterocycles. The zero-order valence-electron chi connectivity index (χ0n) is 43.8. The van der Waals surface area contributed by atoms with Crippen LogP contribution in [0, 0.1) is 0 Å². The Kier molecular flexibility index (Phi) is 52.0. The van der Waals surface area contributed by atoms with Crippen molar-refractivity contribution in [2.45, 2.75) is 239 Å². The molecule has 0 aromatic heterocycles. The Labute approximate surface area is 418 Å². The summed E-state index contributed by atoms with van der Waals surface area (Å²) in [6.07, 6.45) is 76.3. The van der Waals surface area contributed by atoms with Crippen molar-refractivity contribution in [3.63, 3.8) is 0 Å². The van der Waals surface area contributed by atoms with E-state index in [-0.39, 0.29) is 37.5 Å². The second-order valence-corrected chi connectivity index (χ2v) is 17.8.